The fourth-order valence-corrected chi connectivity index (χ4v) is 3.13. The maximum absolute atomic E-state index is 12.4. The van der Waals surface area contributed by atoms with Gasteiger partial charge in [-0.1, -0.05) is 36.4 Å². The number of nitrogens with zero attached hydrogens (tertiary/aromatic N) is 1. The molecule has 1 saturated heterocycles. The first-order valence-corrected chi connectivity index (χ1v) is 7.78. The number of nitrogens with one attached hydrogen (secondary N) is 1. The highest BCUT2D eigenvalue weighted by Crippen LogP contribution is 2.23. The summed E-state index contributed by atoms with van der Waals surface area (Å²) in [5.41, 5.74) is 0.793. The molecule has 1 amide bonds. The Labute approximate surface area is 135 Å². The van der Waals surface area contributed by atoms with E-state index in [2.05, 4.69) is 5.32 Å². The Balaban J connectivity index is 1.70. The van der Waals surface area contributed by atoms with Crippen LogP contribution in [0.5, 0.6) is 0 Å². The summed E-state index contributed by atoms with van der Waals surface area (Å²) in [5, 5.41) is 5.05. The van der Waals surface area contributed by atoms with E-state index in [1.54, 1.807) is 0 Å². The third-order valence-electron chi connectivity index (χ3n) is 4.25. The lowest BCUT2D eigenvalue weighted by molar-refractivity contribution is -0.146. The van der Waals surface area contributed by atoms with Gasteiger partial charge in [-0.25, -0.2) is 0 Å². The molecule has 1 heterocycles. The molecule has 1 fully saturated rings. The first-order chi connectivity index (χ1) is 11.2. The normalized spacial score (nSPS) is 18.0. The van der Waals surface area contributed by atoms with E-state index >= 15 is 0 Å². The molecule has 120 valence electrons. The van der Waals surface area contributed by atoms with Gasteiger partial charge in [0.05, 0.1) is 13.7 Å². The fraction of sp³-hybridized carbons (Fsp3) is 0.333. The van der Waals surface area contributed by atoms with Crippen molar-refractivity contribution < 1.29 is 14.3 Å². The third kappa shape index (κ3) is 3.35. The summed E-state index contributed by atoms with van der Waals surface area (Å²) in [5.74, 6) is -0.377. The molecule has 0 radical (unpaired) electrons. The number of ether oxygens (including phenoxy) is 1. The summed E-state index contributed by atoms with van der Waals surface area (Å²) in [4.78, 5) is 26.0. The first-order valence-electron chi connectivity index (χ1n) is 7.78. The average molecular weight is 312 g/mol. The highest BCUT2D eigenvalue weighted by molar-refractivity contribution is 6.02. The van der Waals surface area contributed by atoms with E-state index < -0.39 is 0 Å². The van der Waals surface area contributed by atoms with Crippen molar-refractivity contribution in [3.8, 4) is 0 Å². The molecule has 5 nitrogen and oxygen atoms in total. The number of carbonyl (C=O) groups is 2. The predicted octanol–water partition coefficient (Wildman–Crippen LogP) is 2.42. The van der Waals surface area contributed by atoms with Gasteiger partial charge in [-0.2, -0.15) is 0 Å². The number of benzene rings is 2. The number of rotatable bonds is 4. The van der Waals surface area contributed by atoms with Crippen molar-refractivity contribution in [1.82, 2.24) is 4.90 Å². The van der Waals surface area contributed by atoms with E-state index in [9.17, 15) is 9.59 Å². The number of methoxy groups -OCH3 is 1. The number of hydrogen-bond donors (Lipinski definition) is 1. The minimum atomic E-state index is -0.307. The predicted molar refractivity (Wildman–Crippen MR) is 89.2 cm³/mol. The maximum Gasteiger partial charge on any atom is 0.323 e. The van der Waals surface area contributed by atoms with Crippen molar-refractivity contribution >= 4 is 28.3 Å². The molecular weight excluding hydrogens is 292 g/mol. The van der Waals surface area contributed by atoms with Crippen LogP contribution in [0.3, 0.4) is 0 Å². The number of amides is 1. The molecule has 1 N–H and O–H groups in total. The van der Waals surface area contributed by atoms with E-state index in [0.717, 1.165) is 35.8 Å². The highest BCUT2D eigenvalue weighted by Gasteiger charge is 2.32. The number of esters is 1. The molecule has 1 aliphatic rings. The van der Waals surface area contributed by atoms with Gasteiger partial charge >= 0.3 is 5.97 Å². The minimum Gasteiger partial charge on any atom is -0.468 e. The Bertz CT molecular complexity index is 724. The third-order valence-corrected chi connectivity index (χ3v) is 4.25. The Kier molecular flexibility index (Phi) is 4.57. The average Bonchev–Trinajstić information content (AvgIpc) is 3.02. The topological polar surface area (TPSA) is 58.6 Å². The summed E-state index contributed by atoms with van der Waals surface area (Å²) in [7, 11) is 1.38. The van der Waals surface area contributed by atoms with Gasteiger partial charge < -0.3 is 10.1 Å². The summed E-state index contributed by atoms with van der Waals surface area (Å²) in [6.45, 7) is 0.936. The van der Waals surface area contributed by atoms with Crippen molar-refractivity contribution in [2.24, 2.45) is 0 Å². The number of hydrogen-bond acceptors (Lipinski definition) is 4. The molecule has 1 unspecified atom stereocenters. The van der Waals surface area contributed by atoms with Crippen LogP contribution in [0.15, 0.2) is 42.5 Å². The smallest absolute Gasteiger partial charge is 0.323 e. The zero-order chi connectivity index (χ0) is 16.2. The van der Waals surface area contributed by atoms with Crippen molar-refractivity contribution in [2.75, 3.05) is 25.5 Å². The Hall–Kier alpha value is -2.40. The molecule has 1 atom stereocenters. The van der Waals surface area contributed by atoms with Crippen LogP contribution in [-0.2, 0) is 14.3 Å². The molecule has 0 spiro atoms. The van der Waals surface area contributed by atoms with Gasteiger partial charge in [-0.15, -0.1) is 0 Å². The van der Waals surface area contributed by atoms with Crippen LogP contribution in [0.2, 0.25) is 0 Å². The van der Waals surface area contributed by atoms with E-state index in [0.29, 0.717) is 0 Å². The van der Waals surface area contributed by atoms with Gasteiger partial charge in [0.25, 0.3) is 0 Å². The Morgan fingerprint density at radius 2 is 2.00 bits per heavy atom. The van der Waals surface area contributed by atoms with Crippen LogP contribution >= 0.6 is 0 Å². The summed E-state index contributed by atoms with van der Waals surface area (Å²) < 4.78 is 4.81. The van der Waals surface area contributed by atoms with E-state index in [4.69, 9.17) is 4.74 Å². The molecule has 0 saturated carbocycles. The van der Waals surface area contributed by atoms with Crippen molar-refractivity contribution in [2.45, 2.75) is 18.9 Å². The van der Waals surface area contributed by atoms with Gasteiger partial charge in [0.1, 0.15) is 6.04 Å². The van der Waals surface area contributed by atoms with Crippen molar-refractivity contribution in [3.63, 3.8) is 0 Å². The van der Waals surface area contributed by atoms with Crippen LogP contribution in [-0.4, -0.2) is 43.0 Å². The molecule has 3 rings (SSSR count). The molecule has 1 aliphatic heterocycles. The summed E-state index contributed by atoms with van der Waals surface area (Å²) in [6, 6.07) is 13.4. The van der Waals surface area contributed by atoms with Gasteiger partial charge in [-0.3, -0.25) is 14.5 Å². The lowest BCUT2D eigenvalue weighted by Crippen LogP contribution is -2.41. The molecule has 0 aliphatic carbocycles. The van der Waals surface area contributed by atoms with Crippen LogP contribution in [0, 0.1) is 0 Å². The van der Waals surface area contributed by atoms with Crippen molar-refractivity contribution in [3.05, 3.63) is 42.5 Å². The highest BCUT2D eigenvalue weighted by atomic mass is 16.5. The fourth-order valence-electron chi connectivity index (χ4n) is 3.13. The largest absolute Gasteiger partial charge is 0.468 e. The minimum absolute atomic E-state index is 0.114. The van der Waals surface area contributed by atoms with Gasteiger partial charge in [0.2, 0.25) is 5.91 Å². The molecular formula is C18H20N2O3. The van der Waals surface area contributed by atoms with Crippen LogP contribution in [0.1, 0.15) is 12.8 Å². The van der Waals surface area contributed by atoms with Crippen LogP contribution in [0.25, 0.3) is 10.8 Å². The zero-order valence-electron chi connectivity index (χ0n) is 13.1. The maximum atomic E-state index is 12.4. The summed E-state index contributed by atoms with van der Waals surface area (Å²) in [6.07, 6.45) is 1.65. The monoisotopic (exact) mass is 312 g/mol. The van der Waals surface area contributed by atoms with Crippen LogP contribution < -0.4 is 5.32 Å². The van der Waals surface area contributed by atoms with Gasteiger partial charge in [0.15, 0.2) is 0 Å². The van der Waals surface area contributed by atoms with Crippen molar-refractivity contribution in [1.29, 1.82) is 0 Å². The number of anilines is 1. The molecule has 23 heavy (non-hydrogen) atoms. The zero-order valence-corrected chi connectivity index (χ0v) is 13.1. The van der Waals surface area contributed by atoms with E-state index in [-0.39, 0.29) is 24.5 Å². The number of fused-ring (bicyclic) bond motifs is 1. The Morgan fingerprint density at radius 3 is 2.83 bits per heavy atom. The second kappa shape index (κ2) is 6.79. The standard InChI is InChI=1S/C18H20N2O3/c1-23-18(22)16-10-5-11-20(16)12-17(21)19-15-9-4-7-13-6-2-3-8-14(13)15/h2-4,6-9,16H,5,10-12H2,1H3,(H,19,21). The van der Waals surface area contributed by atoms with Crippen LogP contribution in [0.4, 0.5) is 5.69 Å². The second-order valence-corrected chi connectivity index (χ2v) is 5.73. The molecule has 0 aromatic heterocycles. The van der Waals surface area contributed by atoms with E-state index in [1.165, 1.54) is 7.11 Å². The SMILES string of the molecule is COC(=O)C1CCCN1CC(=O)Nc1cccc2ccccc12. The summed E-state index contributed by atoms with van der Waals surface area (Å²) >= 11 is 0. The lowest BCUT2D eigenvalue weighted by Gasteiger charge is -2.21. The van der Waals surface area contributed by atoms with Gasteiger partial charge in [0, 0.05) is 11.1 Å². The first kappa shape index (κ1) is 15.5. The van der Waals surface area contributed by atoms with E-state index in [1.807, 2.05) is 47.4 Å². The molecule has 0 bridgehead atoms. The quantitative estimate of drug-likeness (QED) is 0.881. The number of carbonyl (C=O) groups excluding carboxylic acids is 2. The van der Waals surface area contributed by atoms with Gasteiger partial charge in [-0.05, 0) is 30.8 Å². The molecule has 2 aromatic rings. The Morgan fingerprint density at radius 1 is 1.22 bits per heavy atom. The lowest BCUT2D eigenvalue weighted by atomic mass is 10.1. The second-order valence-electron chi connectivity index (χ2n) is 5.73. The molecule has 5 heteroatoms. The number of likely N-dealkylation sites (tertiary alicyclic amines) is 1. The molecule has 2 aromatic carbocycles.